The van der Waals surface area contributed by atoms with E-state index in [-0.39, 0.29) is 6.42 Å². The van der Waals surface area contributed by atoms with Crippen molar-refractivity contribution in [2.45, 2.75) is 25.9 Å². The lowest BCUT2D eigenvalue weighted by atomic mass is 10.1. The van der Waals surface area contributed by atoms with E-state index in [1.807, 2.05) is 0 Å². The van der Waals surface area contributed by atoms with Crippen LogP contribution in [0, 0.1) is 5.92 Å². The maximum atomic E-state index is 12.3. The third-order valence-electron chi connectivity index (χ3n) is 2.66. The number of nitrogens with one attached hydrogen (secondary N) is 1. The number of sulfonamides is 1. The number of amides is 1. The predicted octanol–water partition coefficient (Wildman–Crippen LogP) is 0.973. The number of rotatable bonds is 7. The first-order valence-electron chi connectivity index (χ1n) is 5.73. The molecule has 0 saturated heterocycles. The van der Waals surface area contributed by atoms with Crippen molar-refractivity contribution in [3.05, 3.63) is 0 Å². The molecule has 0 spiro atoms. The van der Waals surface area contributed by atoms with Gasteiger partial charge in [0.2, 0.25) is 15.9 Å². The Morgan fingerprint density at radius 3 is 2.26 bits per heavy atom. The van der Waals surface area contributed by atoms with Gasteiger partial charge in [-0.3, -0.25) is 4.79 Å². The highest BCUT2D eigenvalue weighted by Crippen LogP contribution is 2.27. The van der Waals surface area contributed by atoms with Crippen LogP contribution in [0.5, 0.6) is 0 Å². The highest BCUT2D eigenvalue weighted by Gasteiger charge is 2.34. The van der Waals surface area contributed by atoms with Crippen LogP contribution in [0.1, 0.15) is 19.8 Å². The van der Waals surface area contributed by atoms with E-state index in [1.54, 1.807) is 0 Å². The molecule has 0 aliphatic carbocycles. The Bertz CT molecular complexity index is 395. The van der Waals surface area contributed by atoms with Crippen LogP contribution < -0.4 is 5.32 Å². The lowest BCUT2D eigenvalue weighted by Crippen LogP contribution is -2.39. The molecule has 0 bridgehead atoms. The number of hydrogen-bond acceptors (Lipinski definition) is 3. The minimum Gasteiger partial charge on any atom is -0.358 e. The number of carbonyl (C=O) groups is 1. The molecule has 0 aromatic heterocycles. The predicted molar refractivity (Wildman–Crippen MR) is 64.9 cm³/mol. The molecule has 0 aliphatic rings. The number of alkyl halides is 3. The zero-order valence-corrected chi connectivity index (χ0v) is 11.9. The Morgan fingerprint density at radius 2 is 1.89 bits per heavy atom. The Kier molecular flexibility index (Phi) is 6.78. The molecule has 1 N–H and O–H groups in total. The lowest BCUT2D eigenvalue weighted by molar-refractivity contribution is -0.143. The molecule has 0 radical (unpaired) electrons. The first-order chi connectivity index (χ1) is 8.51. The third kappa shape index (κ3) is 7.36. The average molecular weight is 304 g/mol. The molecular weight excluding hydrogens is 285 g/mol. The van der Waals surface area contributed by atoms with Crippen LogP contribution in [0.25, 0.3) is 0 Å². The van der Waals surface area contributed by atoms with E-state index in [4.69, 9.17) is 0 Å². The summed E-state index contributed by atoms with van der Waals surface area (Å²) in [7, 11) is -1.36. The minimum atomic E-state index is -4.39. The summed E-state index contributed by atoms with van der Waals surface area (Å²) in [4.78, 5) is 11.1. The van der Waals surface area contributed by atoms with Gasteiger partial charge in [0, 0.05) is 20.5 Å². The Labute approximate surface area is 111 Å². The van der Waals surface area contributed by atoms with Crippen molar-refractivity contribution in [2.75, 3.05) is 26.4 Å². The summed E-state index contributed by atoms with van der Waals surface area (Å²) in [6.45, 7) is 1.10. The molecule has 0 aromatic carbocycles. The fourth-order valence-electron chi connectivity index (χ4n) is 1.45. The summed E-state index contributed by atoms with van der Waals surface area (Å²) in [5.74, 6) is -2.14. The quantitative estimate of drug-likeness (QED) is 0.762. The van der Waals surface area contributed by atoms with E-state index < -0.39 is 46.7 Å². The number of carbonyl (C=O) groups excluding carboxylic acids is 1. The monoisotopic (exact) mass is 304 g/mol. The van der Waals surface area contributed by atoms with Gasteiger partial charge < -0.3 is 5.32 Å². The molecule has 0 aromatic rings. The van der Waals surface area contributed by atoms with E-state index in [1.165, 1.54) is 21.0 Å². The Morgan fingerprint density at radius 1 is 1.37 bits per heavy atom. The molecule has 5 nitrogen and oxygen atoms in total. The largest absolute Gasteiger partial charge is 0.389 e. The van der Waals surface area contributed by atoms with Gasteiger partial charge >= 0.3 is 6.18 Å². The van der Waals surface area contributed by atoms with Crippen LogP contribution in [0.15, 0.2) is 0 Å². The van der Waals surface area contributed by atoms with Crippen LogP contribution in [0.3, 0.4) is 0 Å². The minimum absolute atomic E-state index is 0.104. The summed E-state index contributed by atoms with van der Waals surface area (Å²) in [5.41, 5.74) is 0. The molecule has 1 atom stereocenters. The topological polar surface area (TPSA) is 66.5 Å². The van der Waals surface area contributed by atoms with Gasteiger partial charge in [-0.15, -0.1) is 0 Å². The van der Waals surface area contributed by atoms with E-state index in [2.05, 4.69) is 5.32 Å². The second-order valence-electron chi connectivity index (χ2n) is 4.30. The summed E-state index contributed by atoms with van der Waals surface area (Å²) < 4.78 is 61.2. The fourth-order valence-corrected chi connectivity index (χ4v) is 2.97. The van der Waals surface area contributed by atoms with Gasteiger partial charge in [0.25, 0.3) is 0 Å². The maximum absolute atomic E-state index is 12.3. The van der Waals surface area contributed by atoms with Gasteiger partial charge in [0.15, 0.2) is 0 Å². The molecule has 0 aliphatic heterocycles. The van der Waals surface area contributed by atoms with Gasteiger partial charge in [0.1, 0.15) is 0 Å². The van der Waals surface area contributed by atoms with Crippen LogP contribution in [-0.4, -0.2) is 51.2 Å². The third-order valence-corrected chi connectivity index (χ3v) is 4.64. The van der Waals surface area contributed by atoms with E-state index in [0.717, 1.165) is 4.31 Å². The van der Waals surface area contributed by atoms with Gasteiger partial charge in [-0.2, -0.15) is 17.5 Å². The number of halogens is 3. The first-order valence-corrected chi connectivity index (χ1v) is 7.34. The van der Waals surface area contributed by atoms with E-state index >= 15 is 0 Å². The smallest absolute Gasteiger partial charge is 0.358 e. The first kappa shape index (κ1) is 18.2. The van der Waals surface area contributed by atoms with E-state index in [9.17, 15) is 26.4 Å². The molecule has 0 saturated carbocycles. The van der Waals surface area contributed by atoms with Crippen molar-refractivity contribution in [1.82, 2.24) is 9.62 Å². The van der Waals surface area contributed by atoms with Crippen LogP contribution in [0.4, 0.5) is 13.2 Å². The Balaban J connectivity index is 4.69. The van der Waals surface area contributed by atoms with Crippen LogP contribution in [-0.2, 0) is 14.8 Å². The molecule has 0 heterocycles. The van der Waals surface area contributed by atoms with Gasteiger partial charge in [0.05, 0.1) is 12.3 Å². The van der Waals surface area contributed by atoms with Crippen LogP contribution >= 0.6 is 0 Å². The van der Waals surface area contributed by atoms with Crippen LogP contribution in [0.2, 0.25) is 0 Å². The second kappa shape index (κ2) is 7.09. The molecule has 1 unspecified atom stereocenters. The zero-order valence-electron chi connectivity index (χ0n) is 11.1. The highest BCUT2D eigenvalue weighted by molar-refractivity contribution is 7.89. The molecule has 0 fully saturated rings. The number of hydrogen-bond donors (Lipinski definition) is 1. The lowest BCUT2D eigenvalue weighted by Gasteiger charge is -2.21. The van der Waals surface area contributed by atoms with Gasteiger partial charge in [-0.1, -0.05) is 13.3 Å². The van der Waals surface area contributed by atoms with Crippen molar-refractivity contribution in [1.29, 1.82) is 0 Å². The zero-order chi connectivity index (χ0) is 15.3. The normalized spacial score (nSPS) is 14.5. The standard InChI is InChI=1S/C10H19F3N2O3S/c1-4-8(5-10(11,12)13)7-19(17,18)15(3)6-9(16)14-2/h8H,4-7H2,1-3H3,(H,14,16). The van der Waals surface area contributed by atoms with Crippen molar-refractivity contribution >= 4 is 15.9 Å². The van der Waals surface area contributed by atoms with Crippen molar-refractivity contribution in [3.8, 4) is 0 Å². The molecule has 9 heteroatoms. The van der Waals surface area contributed by atoms with Crippen molar-refractivity contribution in [3.63, 3.8) is 0 Å². The summed E-state index contributed by atoms with van der Waals surface area (Å²) >= 11 is 0. The molecule has 1 amide bonds. The highest BCUT2D eigenvalue weighted by atomic mass is 32.2. The Hall–Kier alpha value is -0.830. The molecule has 0 rings (SSSR count). The molecule has 114 valence electrons. The molecule has 19 heavy (non-hydrogen) atoms. The summed E-state index contributed by atoms with van der Waals surface area (Å²) in [6, 6.07) is 0. The van der Waals surface area contributed by atoms with Gasteiger partial charge in [-0.25, -0.2) is 8.42 Å². The second-order valence-corrected chi connectivity index (χ2v) is 6.42. The molecular formula is C10H19F3N2O3S. The SMILES string of the molecule is CCC(CC(F)(F)F)CS(=O)(=O)N(C)CC(=O)NC. The maximum Gasteiger partial charge on any atom is 0.389 e. The van der Waals surface area contributed by atoms with Gasteiger partial charge in [-0.05, 0) is 5.92 Å². The van der Waals surface area contributed by atoms with Crippen molar-refractivity contribution in [2.24, 2.45) is 5.92 Å². The fraction of sp³-hybridized carbons (Fsp3) is 0.900. The number of likely N-dealkylation sites (N-methyl/N-ethyl adjacent to an activating group) is 2. The summed E-state index contributed by atoms with van der Waals surface area (Å²) in [5, 5.41) is 2.25. The average Bonchev–Trinajstić information content (AvgIpc) is 2.25. The van der Waals surface area contributed by atoms with Crippen molar-refractivity contribution < 1.29 is 26.4 Å². The summed E-state index contributed by atoms with van der Waals surface area (Å²) in [6.07, 6.45) is -5.43. The van der Waals surface area contributed by atoms with E-state index in [0.29, 0.717) is 0 Å². The number of nitrogens with zero attached hydrogens (tertiary/aromatic N) is 1.